The summed E-state index contributed by atoms with van der Waals surface area (Å²) in [5, 5.41) is 2.90. The van der Waals surface area contributed by atoms with Crippen molar-refractivity contribution in [2.24, 2.45) is 0 Å². The highest BCUT2D eigenvalue weighted by Gasteiger charge is 2.21. The van der Waals surface area contributed by atoms with Crippen LogP contribution in [0.2, 0.25) is 0 Å². The first-order valence-electron chi connectivity index (χ1n) is 9.80. The number of hydrogen-bond acceptors (Lipinski definition) is 5. The summed E-state index contributed by atoms with van der Waals surface area (Å²) < 4.78 is 16.0. The summed E-state index contributed by atoms with van der Waals surface area (Å²) in [6.07, 6.45) is 0.758. The molecule has 0 radical (unpaired) electrons. The van der Waals surface area contributed by atoms with Gasteiger partial charge in [-0.3, -0.25) is 4.79 Å². The van der Waals surface area contributed by atoms with Gasteiger partial charge in [-0.15, -0.1) is 0 Å². The average molecular weight is 399 g/mol. The van der Waals surface area contributed by atoms with Crippen molar-refractivity contribution in [1.29, 1.82) is 0 Å². The van der Waals surface area contributed by atoms with Gasteiger partial charge in [0, 0.05) is 6.04 Å². The van der Waals surface area contributed by atoms with Gasteiger partial charge >= 0.3 is 5.97 Å². The van der Waals surface area contributed by atoms with Crippen molar-refractivity contribution in [2.75, 3.05) is 13.7 Å². The SMILES string of the molecule is CCOc1cc(C(=O)O[C@H](C)C(=O)N[C@H](C)CCc2ccccc2)ccc1OC. The van der Waals surface area contributed by atoms with Crippen LogP contribution in [-0.2, 0) is 16.0 Å². The third-order valence-electron chi connectivity index (χ3n) is 4.45. The van der Waals surface area contributed by atoms with Gasteiger partial charge in [0.1, 0.15) is 0 Å². The maximum Gasteiger partial charge on any atom is 0.339 e. The van der Waals surface area contributed by atoms with Gasteiger partial charge < -0.3 is 19.5 Å². The molecule has 29 heavy (non-hydrogen) atoms. The molecule has 0 saturated carbocycles. The Hall–Kier alpha value is -3.02. The number of carbonyl (C=O) groups is 2. The number of hydrogen-bond donors (Lipinski definition) is 1. The largest absolute Gasteiger partial charge is 0.493 e. The lowest BCUT2D eigenvalue weighted by molar-refractivity contribution is -0.129. The number of carbonyl (C=O) groups excluding carboxylic acids is 2. The Labute approximate surface area is 172 Å². The Balaban J connectivity index is 1.88. The van der Waals surface area contributed by atoms with Gasteiger partial charge in [-0.1, -0.05) is 30.3 Å². The van der Waals surface area contributed by atoms with Crippen molar-refractivity contribution < 1.29 is 23.8 Å². The van der Waals surface area contributed by atoms with Crippen LogP contribution >= 0.6 is 0 Å². The third-order valence-corrected chi connectivity index (χ3v) is 4.45. The molecular weight excluding hydrogens is 370 g/mol. The number of esters is 1. The highest BCUT2D eigenvalue weighted by Crippen LogP contribution is 2.28. The summed E-state index contributed by atoms with van der Waals surface area (Å²) in [6, 6.07) is 14.8. The van der Waals surface area contributed by atoms with E-state index >= 15 is 0 Å². The van der Waals surface area contributed by atoms with Gasteiger partial charge in [0.15, 0.2) is 17.6 Å². The van der Waals surface area contributed by atoms with E-state index < -0.39 is 12.1 Å². The summed E-state index contributed by atoms with van der Waals surface area (Å²) >= 11 is 0. The van der Waals surface area contributed by atoms with Crippen molar-refractivity contribution in [3.63, 3.8) is 0 Å². The van der Waals surface area contributed by atoms with E-state index in [1.807, 2.05) is 32.0 Å². The van der Waals surface area contributed by atoms with E-state index in [9.17, 15) is 9.59 Å². The summed E-state index contributed by atoms with van der Waals surface area (Å²) in [5.74, 6) is 0.0724. The number of amides is 1. The number of benzene rings is 2. The Bertz CT molecular complexity index is 806. The fourth-order valence-electron chi connectivity index (χ4n) is 2.81. The van der Waals surface area contributed by atoms with Crippen LogP contribution in [-0.4, -0.2) is 37.7 Å². The van der Waals surface area contributed by atoms with Gasteiger partial charge in [0.25, 0.3) is 5.91 Å². The predicted octanol–water partition coefficient (Wildman–Crippen LogP) is 3.78. The molecular formula is C23H29NO5. The zero-order chi connectivity index (χ0) is 21.2. The average Bonchev–Trinajstić information content (AvgIpc) is 2.73. The summed E-state index contributed by atoms with van der Waals surface area (Å²) in [7, 11) is 1.53. The minimum absolute atomic E-state index is 0.0330. The van der Waals surface area contributed by atoms with Crippen LogP contribution in [0.1, 0.15) is 43.1 Å². The quantitative estimate of drug-likeness (QED) is 0.616. The van der Waals surface area contributed by atoms with Crippen molar-refractivity contribution >= 4 is 11.9 Å². The van der Waals surface area contributed by atoms with E-state index in [0.717, 1.165) is 12.8 Å². The molecule has 0 saturated heterocycles. The van der Waals surface area contributed by atoms with Crippen molar-refractivity contribution in [1.82, 2.24) is 5.32 Å². The van der Waals surface area contributed by atoms with E-state index in [1.54, 1.807) is 25.1 Å². The summed E-state index contributed by atoms with van der Waals surface area (Å²) in [4.78, 5) is 24.8. The maximum absolute atomic E-state index is 12.4. The number of ether oxygens (including phenoxy) is 3. The topological polar surface area (TPSA) is 73.9 Å². The molecule has 0 fully saturated rings. The van der Waals surface area contributed by atoms with E-state index in [2.05, 4.69) is 17.4 Å². The van der Waals surface area contributed by atoms with Crippen molar-refractivity contribution in [3.8, 4) is 11.5 Å². The third kappa shape index (κ3) is 6.82. The molecule has 0 unspecified atom stereocenters. The normalized spacial score (nSPS) is 12.6. The molecule has 0 bridgehead atoms. The van der Waals surface area contributed by atoms with Crippen LogP contribution in [0.15, 0.2) is 48.5 Å². The first-order chi connectivity index (χ1) is 13.9. The molecule has 6 heteroatoms. The van der Waals surface area contributed by atoms with Crippen LogP contribution < -0.4 is 14.8 Å². The molecule has 1 N–H and O–H groups in total. The lowest BCUT2D eigenvalue weighted by atomic mass is 10.1. The van der Waals surface area contributed by atoms with E-state index in [1.165, 1.54) is 12.7 Å². The number of rotatable bonds is 10. The highest BCUT2D eigenvalue weighted by atomic mass is 16.5. The molecule has 0 aliphatic heterocycles. The zero-order valence-corrected chi connectivity index (χ0v) is 17.4. The standard InChI is InChI=1S/C23H29NO5/c1-5-28-21-15-19(13-14-20(21)27-4)23(26)29-17(3)22(25)24-16(2)11-12-18-9-7-6-8-10-18/h6-10,13-17H,5,11-12H2,1-4H3,(H,24,25)/t16-,17-/m1/s1. The smallest absolute Gasteiger partial charge is 0.339 e. The molecule has 2 atom stereocenters. The Kier molecular flexibility index (Phi) is 8.52. The highest BCUT2D eigenvalue weighted by molar-refractivity contribution is 5.92. The van der Waals surface area contributed by atoms with Crippen LogP contribution in [0.25, 0.3) is 0 Å². The molecule has 1 amide bonds. The van der Waals surface area contributed by atoms with Gasteiger partial charge in [-0.05, 0) is 57.4 Å². The predicted molar refractivity (Wildman–Crippen MR) is 111 cm³/mol. The fourth-order valence-corrected chi connectivity index (χ4v) is 2.81. The maximum atomic E-state index is 12.4. The lowest BCUT2D eigenvalue weighted by Gasteiger charge is -2.18. The molecule has 0 aliphatic rings. The van der Waals surface area contributed by atoms with Gasteiger partial charge in [-0.25, -0.2) is 4.79 Å². The zero-order valence-electron chi connectivity index (χ0n) is 17.4. The minimum Gasteiger partial charge on any atom is -0.493 e. The molecule has 2 aromatic rings. The first-order valence-corrected chi connectivity index (χ1v) is 9.80. The monoisotopic (exact) mass is 399 g/mol. The molecule has 0 aliphatic carbocycles. The second-order valence-electron chi connectivity index (χ2n) is 6.78. The van der Waals surface area contributed by atoms with Gasteiger partial charge in [0.2, 0.25) is 0 Å². The second-order valence-corrected chi connectivity index (χ2v) is 6.78. The fraction of sp³-hybridized carbons (Fsp3) is 0.391. The van der Waals surface area contributed by atoms with E-state index in [0.29, 0.717) is 23.7 Å². The van der Waals surface area contributed by atoms with Crippen LogP contribution in [0.5, 0.6) is 11.5 Å². The summed E-state index contributed by atoms with van der Waals surface area (Å²) in [6.45, 7) is 5.78. The van der Waals surface area contributed by atoms with Crippen molar-refractivity contribution in [3.05, 3.63) is 59.7 Å². The number of aryl methyl sites for hydroxylation is 1. The molecule has 0 heterocycles. The lowest BCUT2D eigenvalue weighted by Crippen LogP contribution is -2.41. The Morgan fingerprint density at radius 3 is 2.41 bits per heavy atom. The molecule has 0 spiro atoms. The number of methoxy groups -OCH3 is 1. The molecule has 6 nitrogen and oxygen atoms in total. The second kappa shape index (κ2) is 11.1. The van der Waals surface area contributed by atoms with Gasteiger partial charge in [0.05, 0.1) is 19.3 Å². The van der Waals surface area contributed by atoms with Crippen LogP contribution in [0.3, 0.4) is 0 Å². The number of nitrogens with one attached hydrogen (secondary N) is 1. The molecule has 2 rings (SSSR count). The molecule has 156 valence electrons. The first kappa shape index (κ1) is 22.3. The molecule has 2 aromatic carbocycles. The van der Waals surface area contributed by atoms with Gasteiger partial charge in [-0.2, -0.15) is 0 Å². The summed E-state index contributed by atoms with van der Waals surface area (Å²) in [5.41, 5.74) is 1.52. The minimum atomic E-state index is -0.903. The van der Waals surface area contributed by atoms with Crippen molar-refractivity contribution in [2.45, 2.75) is 45.8 Å². The van der Waals surface area contributed by atoms with E-state index in [4.69, 9.17) is 14.2 Å². The van der Waals surface area contributed by atoms with E-state index in [-0.39, 0.29) is 11.9 Å². The Morgan fingerprint density at radius 1 is 1.03 bits per heavy atom. The Morgan fingerprint density at radius 2 is 1.76 bits per heavy atom. The van der Waals surface area contributed by atoms with Crippen LogP contribution in [0.4, 0.5) is 0 Å². The molecule has 0 aromatic heterocycles. The van der Waals surface area contributed by atoms with Crippen LogP contribution in [0, 0.1) is 0 Å².